The second-order valence-corrected chi connectivity index (χ2v) is 7.15. The molecular weight excluding hydrogens is 346 g/mol. The van der Waals surface area contributed by atoms with Crippen LogP contribution in [0.15, 0.2) is 48.5 Å². The van der Waals surface area contributed by atoms with Crippen LogP contribution in [-0.4, -0.2) is 49.7 Å². The Bertz CT molecular complexity index is 928. The standard InChI is InChI=1S/C23H27N3O.CH4/c1-4-25-12-14-26(15-13-25)23-22-17(2)6-5-7-19(22)16-21(24-23)18-8-10-20(27-3)11-9-18;/h5-11,16H,4,12-15H2,1-3H3;1H4. The van der Waals surface area contributed by atoms with E-state index in [0.717, 1.165) is 55.5 Å². The van der Waals surface area contributed by atoms with Crippen molar-refractivity contribution in [3.63, 3.8) is 0 Å². The molecule has 148 valence electrons. The number of fused-ring (bicyclic) bond motifs is 1. The van der Waals surface area contributed by atoms with Gasteiger partial charge in [0.2, 0.25) is 0 Å². The summed E-state index contributed by atoms with van der Waals surface area (Å²) in [4.78, 5) is 10.1. The van der Waals surface area contributed by atoms with Crippen molar-refractivity contribution in [1.82, 2.24) is 9.88 Å². The zero-order valence-electron chi connectivity index (χ0n) is 16.4. The number of hydrogen-bond acceptors (Lipinski definition) is 4. The van der Waals surface area contributed by atoms with Crippen molar-refractivity contribution in [3.05, 3.63) is 54.1 Å². The first-order valence-electron chi connectivity index (χ1n) is 9.71. The van der Waals surface area contributed by atoms with E-state index in [2.05, 4.69) is 60.0 Å². The number of pyridine rings is 1. The minimum Gasteiger partial charge on any atom is -0.497 e. The fourth-order valence-electron chi connectivity index (χ4n) is 3.88. The molecule has 0 unspecified atom stereocenters. The maximum atomic E-state index is 5.30. The zero-order chi connectivity index (χ0) is 18.8. The molecule has 1 aliphatic heterocycles. The molecule has 0 spiro atoms. The van der Waals surface area contributed by atoms with Crippen molar-refractivity contribution < 1.29 is 4.74 Å². The van der Waals surface area contributed by atoms with Gasteiger partial charge in [-0.25, -0.2) is 4.98 Å². The molecule has 0 saturated carbocycles. The van der Waals surface area contributed by atoms with Crippen LogP contribution >= 0.6 is 0 Å². The number of hydrogen-bond donors (Lipinski definition) is 0. The third kappa shape index (κ3) is 3.83. The SMILES string of the molecule is C.CCN1CCN(c2nc(-c3ccc(OC)cc3)cc3cccc(C)c23)CC1. The molecular formula is C24H31N3O. The summed E-state index contributed by atoms with van der Waals surface area (Å²) in [5.41, 5.74) is 3.42. The number of aromatic nitrogens is 1. The summed E-state index contributed by atoms with van der Waals surface area (Å²) in [6.07, 6.45) is 0. The molecule has 0 aliphatic carbocycles. The van der Waals surface area contributed by atoms with E-state index in [0.29, 0.717) is 0 Å². The number of ether oxygens (including phenoxy) is 1. The second kappa shape index (κ2) is 8.61. The molecule has 1 aromatic heterocycles. The topological polar surface area (TPSA) is 28.6 Å². The molecule has 0 bridgehead atoms. The van der Waals surface area contributed by atoms with E-state index in [4.69, 9.17) is 9.72 Å². The highest BCUT2D eigenvalue weighted by Gasteiger charge is 2.20. The van der Waals surface area contributed by atoms with Gasteiger partial charge >= 0.3 is 0 Å². The van der Waals surface area contributed by atoms with Crippen LogP contribution in [0.2, 0.25) is 0 Å². The Labute approximate surface area is 168 Å². The van der Waals surface area contributed by atoms with E-state index in [9.17, 15) is 0 Å². The first-order chi connectivity index (χ1) is 13.2. The molecule has 2 heterocycles. The summed E-state index contributed by atoms with van der Waals surface area (Å²) in [6.45, 7) is 9.77. The highest BCUT2D eigenvalue weighted by Crippen LogP contribution is 2.33. The summed E-state index contributed by atoms with van der Waals surface area (Å²) in [5.74, 6) is 1.98. The molecule has 0 radical (unpaired) electrons. The minimum atomic E-state index is 0. The Morgan fingerprint density at radius 2 is 1.71 bits per heavy atom. The number of piperazine rings is 1. The average Bonchev–Trinajstić information content (AvgIpc) is 2.73. The number of methoxy groups -OCH3 is 1. The first kappa shape index (κ1) is 20.2. The van der Waals surface area contributed by atoms with Crippen LogP contribution in [0.25, 0.3) is 22.0 Å². The molecule has 0 N–H and O–H groups in total. The molecule has 2 aromatic carbocycles. The zero-order valence-corrected chi connectivity index (χ0v) is 16.4. The molecule has 4 heteroatoms. The van der Waals surface area contributed by atoms with Gasteiger partial charge in [-0.15, -0.1) is 0 Å². The van der Waals surface area contributed by atoms with Crippen molar-refractivity contribution in [1.29, 1.82) is 0 Å². The van der Waals surface area contributed by atoms with Gasteiger partial charge in [-0.3, -0.25) is 0 Å². The van der Waals surface area contributed by atoms with E-state index in [-0.39, 0.29) is 7.43 Å². The van der Waals surface area contributed by atoms with Gasteiger partial charge in [-0.2, -0.15) is 0 Å². The molecule has 1 aliphatic rings. The summed E-state index contributed by atoms with van der Waals surface area (Å²) in [7, 11) is 1.69. The smallest absolute Gasteiger partial charge is 0.137 e. The molecule has 28 heavy (non-hydrogen) atoms. The first-order valence-corrected chi connectivity index (χ1v) is 9.71. The maximum Gasteiger partial charge on any atom is 0.137 e. The quantitative estimate of drug-likeness (QED) is 0.640. The van der Waals surface area contributed by atoms with Gasteiger partial charge < -0.3 is 14.5 Å². The molecule has 1 saturated heterocycles. The van der Waals surface area contributed by atoms with Crippen LogP contribution in [0.1, 0.15) is 19.9 Å². The average molecular weight is 378 g/mol. The minimum absolute atomic E-state index is 0. The van der Waals surface area contributed by atoms with Crippen LogP contribution in [0, 0.1) is 6.92 Å². The normalized spacial score (nSPS) is 14.8. The summed E-state index contributed by atoms with van der Waals surface area (Å²) >= 11 is 0. The lowest BCUT2D eigenvalue weighted by Crippen LogP contribution is -2.46. The Morgan fingerprint density at radius 1 is 1.00 bits per heavy atom. The fourth-order valence-corrected chi connectivity index (χ4v) is 3.88. The van der Waals surface area contributed by atoms with E-state index in [1.165, 1.54) is 16.3 Å². The molecule has 1 fully saturated rings. The van der Waals surface area contributed by atoms with E-state index in [1.807, 2.05) is 12.1 Å². The maximum absolute atomic E-state index is 5.30. The number of aryl methyl sites for hydroxylation is 1. The molecule has 0 amide bonds. The lowest BCUT2D eigenvalue weighted by molar-refractivity contribution is 0.271. The number of anilines is 1. The monoisotopic (exact) mass is 377 g/mol. The van der Waals surface area contributed by atoms with Gasteiger partial charge in [0, 0.05) is 37.1 Å². The van der Waals surface area contributed by atoms with Crippen molar-refractivity contribution >= 4 is 16.6 Å². The van der Waals surface area contributed by atoms with Crippen LogP contribution in [0.5, 0.6) is 5.75 Å². The van der Waals surface area contributed by atoms with E-state index in [1.54, 1.807) is 7.11 Å². The van der Waals surface area contributed by atoms with Gasteiger partial charge in [0.1, 0.15) is 11.6 Å². The van der Waals surface area contributed by atoms with Crippen molar-refractivity contribution in [3.8, 4) is 17.0 Å². The third-order valence-electron chi connectivity index (χ3n) is 5.55. The lowest BCUT2D eigenvalue weighted by atomic mass is 10.0. The van der Waals surface area contributed by atoms with Crippen LogP contribution in [-0.2, 0) is 0 Å². The fraction of sp³-hybridized carbons (Fsp3) is 0.375. The van der Waals surface area contributed by atoms with Gasteiger partial charge in [-0.05, 0) is 54.8 Å². The summed E-state index contributed by atoms with van der Waals surface area (Å²) < 4.78 is 5.30. The van der Waals surface area contributed by atoms with Gasteiger partial charge in [-0.1, -0.05) is 32.5 Å². The molecule has 4 rings (SSSR count). The number of nitrogens with zero attached hydrogens (tertiary/aromatic N) is 3. The number of likely N-dealkylation sites (N-methyl/N-ethyl adjacent to an activating group) is 1. The molecule has 3 aromatic rings. The largest absolute Gasteiger partial charge is 0.497 e. The predicted molar refractivity (Wildman–Crippen MR) is 120 cm³/mol. The Morgan fingerprint density at radius 3 is 2.36 bits per heavy atom. The van der Waals surface area contributed by atoms with Crippen LogP contribution in [0.3, 0.4) is 0 Å². The van der Waals surface area contributed by atoms with Crippen molar-refractivity contribution in [2.45, 2.75) is 21.3 Å². The number of benzene rings is 2. The van der Waals surface area contributed by atoms with Gasteiger partial charge in [0.05, 0.1) is 12.8 Å². The Hall–Kier alpha value is -2.59. The highest BCUT2D eigenvalue weighted by atomic mass is 16.5. The Kier molecular flexibility index (Phi) is 6.20. The predicted octanol–water partition coefficient (Wildman–Crippen LogP) is 5.00. The Balaban J connectivity index is 0.00000225. The third-order valence-corrected chi connectivity index (χ3v) is 5.55. The van der Waals surface area contributed by atoms with E-state index >= 15 is 0 Å². The van der Waals surface area contributed by atoms with Crippen molar-refractivity contribution in [2.24, 2.45) is 0 Å². The van der Waals surface area contributed by atoms with E-state index < -0.39 is 0 Å². The van der Waals surface area contributed by atoms with Crippen LogP contribution < -0.4 is 9.64 Å². The van der Waals surface area contributed by atoms with Gasteiger partial charge in [0.15, 0.2) is 0 Å². The number of rotatable bonds is 4. The lowest BCUT2D eigenvalue weighted by Gasteiger charge is -2.35. The van der Waals surface area contributed by atoms with Gasteiger partial charge in [0.25, 0.3) is 0 Å². The molecule has 0 atom stereocenters. The molecule has 4 nitrogen and oxygen atoms in total. The second-order valence-electron chi connectivity index (χ2n) is 7.15. The highest BCUT2D eigenvalue weighted by molar-refractivity contribution is 5.97. The van der Waals surface area contributed by atoms with Crippen molar-refractivity contribution in [2.75, 3.05) is 44.7 Å². The summed E-state index contributed by atoms with van der Waals surface area (Å²) in [6, 6.07) is 16.9. The summed E-state index contributed by atoms with van der Waals surface area (Å²) in [5, 5.41) is 2.53. The van der Waals surface area contributed by atoms with Crippen LogP contribution in [0.4, 0.5) is 5.82 Å².